The van der Waals surface area contributed by atoms with Crippen molar-refractivity contribution >= 4 is 0 Å². The molecule has 2 rings (SSSR count). The first-order valence-corrected chi connectivity index (χ1v) is 7.31. The van der Waals surface area contributed by atoms with Crippen LogP contribution >= 0.6 is 0 Å². The molecule has 2 fully saturated rings. The second kappa shape index (κ2) is 5.87. The highest BCUT2D eigenvalue weighted by Gasteiger charge is 2.45. The lowest BCUT2D eigenvalue weighted by Crippen LogP contribution is -2.49. The molecule has 0 amide bonds. The number of likely N-dealkylation sites (tertiary alicyclic amines) is 1. The third-order valence-electron chi connectivity index (χ3n) is 4.37. The molecule has 0 aliphatic carbocycles. The molecule has 3 atom stereocenters. The van der Waals surface area contributed by atoms with Gasteiger partial charge in [-0.05, 0) is 53.1 Å². The van der Waals surface area contributed by atoms with E-state index in [1.54, 1.807) is 0 Å². The van der Waals surface area contributed by atoms with Crippen molar-refractivity contribution in [1.29, 1.82) is 0 Å². The molecule has 2 saturated heterocycles. The molecule has 18 heavy (non-hydrogen) atoms. The summed E-state index contributed by atoms with van der Waals surface area (Å²) in [5.74, 6) is 0.0874. The Labute approximate surface area is 111 Å². The molecular formula is C14H28N2O2. The predicted octanol–water partition coefficient (Wildman–Crippen LogP) is 1.59. The van der Waals surface area contributed by atoms with Crippen LogP contribution in [0.25, 0.3) is 0 Å². The number of ether oxygens (including phenoxy) is 2. The molecule has 0 spiro atoms. The van der Waals surface area contributed by atoms with E-state index in [9.17, 15) is 0 Å². The summed E-state index contributed by atoms with van der Waals surface area (Å²) in [6, 6.07) is 0.609. The largest absolute Gasteiger partial charge is 0.347 e. The fourth-order valence-corrected chi connectivity index (χ4v) is 3.10. The molecule has 0 aromatic rings. The quantitative estimate of drug-likeness (QED) is 0.830. The average Bonchev–Trinajstić information content (AvgIpc) is 2.73. The number of piperidine rings is 1. The molecule has 0 aromatic carbocycles. The Morgan fingerprint density at radius 2 is 2.22 bits per heavy atom. The molecule has 0 radical (unpaired) electrons. The van der Waals surface area contributed by atoms with Gasteiger partial charge in [-0.1, -0.05) is 0 Å². The van der Waals surface area contributed by atoms with Gasteiger partial charge in [0.25, 0.3) is 0 Å². The summed E-state index contributed by atoms with van der Waals surface area (Å²) in [6.45, 7) is 10.3. The number of nitrogens with two attached hydrogens (primary N) is 1. The van der Waals surface area contributed by atoms with E-state index in [0.29, 0.717) is 25.1 Å². The van der Waals surface area contributed by atoms with E-state index in [4.69, 9.17) is 15.2 Å². The fourth-order valence-electron chi connectivity index (χ4n) is 3.10. The van der Waals surface area contributed by atoms with Gasteiger partial charge >= 0.3 is 0 Å². The van der Waals surface area contributed by atoms with Gasteiger partial charge in [0.2, 0.25) is 0 Å². The SMILES string of the molecule is CC(C)N1CCCC(C2(C)OCC(CCN)O2)C1. The molecule has 4 nitrogen and oxygen atoms in total. The minimum Gasteiger partial charge on any atom is -0.347 e. The van der Waals surface area contributed by atoms with E-state index in [0.717, 1.165) is 13.0 Å². The molecule has 106 valence electrons. The van der Waals surface area contributed by atoms with Gasteiger partial charge in [0.15, 0.2) is 5.79 Å². The molecule has 2 heterocycles. The van der Waals surface area contributed by atoms with E-state index in [-0.39, 0.29) is 6.10 Å². The summed E-state index contributed by atoms with van der Waals surface area (Å²) in [6.07, 6.45) is 3.53. The third kappa shape index (κ3) is 3.05. The zero-order valence-corrected chi connectivity index (χ0v) is 12.0. The van der Waals surface area contributed by atoms with Crippen molar-refractivity contribution < 1.29 is 9.47 Å². The van der Waals surface area contributed by atoms with Crippen LogP contribution in [0.5, 0.6) is 0 Å². The molecule has 3 unspecified atom stereocenters. The van der Waals surface area contributed by atoms with Gasteiger partial charge < -0.3 is 20.1 Å². The Bertz CT molecular complexity index is 273. The highest BCUT2D eigenvalue weighted by atomic mass is 16.7. The second-order valence-electron chi connectivity index (χ2n) is 6.07. The minimum absolute atomic E-state index is 0.189. The van der Waals surface area contributed by atoms with Crippen molar-refractivity contribution in [1.82, 2.24) is 4.90 Å². The molecule has 4 heteroatoms. The molecule has 0 saturated carbocycles. The van der Waals surface area contributed by atoms with E-state index in [2.05, 4.69) is 25.7 Å². The lowest BCUT2D eigenvalue weighted by Gasteiger charge is -2.41. The average molecular weight is 256 g/mol. The van der Waals surface area contributed by atoms with Crippen LogP contribution in [0.1, 0.15) is 40.0 Å². The van der Waals surface area contributed by atoms with Gasteiger partial charge in [-0.2, -0.15) is 0 Å². The van der Waals surface area contributed by atoms with Crippen LogP contribution < -0.4 is 5.73 Å². The first-order valence-electron chi connectivity index (χ1n) is 7.31. The normalized spacial score (nSPS) is 38.5. The summed E-state index contributed by atoms with van der Waals surface area (Å²) in [5, 5.41) is 0. The molecular weight excluding hydrogens is 228 g/mol. The Morgan fingerprint density at radius 1 is 1.44 bits per heavy atom. The summed E-state index contributed by atoms with van der Waals surface area (Å²) in [7, 11) is 0. The van der Waals surface area contributed by atoms with E-state index < -0.39 is 5.79 Å². The van der Waals surface area contributed by atoms with Gasteiger partial charge in [-0.15, -0.1) is 0 Å². The molecule has 2 aliphatic heterocycles. The Kier molecular flexibility index (Phi) is 4.64. The van der Waals surface area contributed by atoms with Crippen LogP contribution in [0.2, 0.25) is 0 Å². The number of rotatable bonds is 4. The Hall–Kier alpha value is -0.160. The van der Waals surface area contributed by atoms with Gasteiger partial charge in [-0.25, -0.2) is 0 Å². The highest BCUT2D eigenvalue weighted by Crippen LogP contribution is 2.37. The zero-order chi connectivity index (χ0) is 13.2. The van der Waals surface area contributed by atoms with Gasteiger partial charge in [0, 0.05) is 18.5 Å². The van der Waals surface area contributed by atoms with Crippen LogP contribution in [0, 0.1) is 5.92 Å². The zero-order valence-electron chi connectivity index (χ0n) is 12.0. The summed E-state index contributed by atoms with van der Waals surface area (Å²) in [4.78, 5) is 2.53. The van der Waals surface area contributed by atoms with Crippen LogP contribution in [0.15, 0.2) is 0 Å². The number of nitrogens with zero attached hydrogens (tertiary/aromatic N) is 1. The van der Waals surface area contributed by atoms with Gasteiger partial charge in [-0.3, -0.25) is 0 Å². The minimum atomic E-state index is -0.395. The second-order valence-corrected chi connectivity index (χ2v) is 6.07. The first-order chi connectivity index (χ1) is 8.55. The van der Waals surface area contributed by atoms with Crippen LogP contribution in [-0.2, 0) is 9.47 Å². The van der Waals surface area contributed by atoms with Crippen LogP contribution in [-0.4, -0.2) is 49.1 Å². The number of hydrogen-bond donors (Lipinski definition) is 1. The predicted molar refractivity (Wildman–Crippen MR) is 72.3 cm³/mol. The van der Waals surface area contributed by atoms with Crippen molar-refractivity contribution in [2.45, 2.75) is 58.0 Å². The third-order valence-corrected chi connectivity index (χ3v) is 4.37. The van der Waals surface area contributed by atoms with Gasteiger partial charge in [0.1, 0.15) is 0 Å². The fraction of sp³-hybridized carbons (Fsp3) is 1.00. The van der Waals surface area contributed by atoms with Crippen molar-refractivity contribution in [2.24, 2.45) is 11.7 Å². The Morgan fingerprint density at radius 3 is 2.89 bits per heavy atom. The van der Waals surface area contributed by atoms with E-state index in [1.807, 2.05) is 0 Å². The molecule has 0 bridgehead atoms. The standard InChI is InChI=1S/C14H28N2O2/c1-11(2)16-8-4-5-12(9-16)14(3)17-10-13(18-14)6-7-15/h11-13H,4-10,15H2,1-3H3. The molecule has 0 aromatic heterocycles. The summed E-state index contributed by atoms with van der Waals surface area (Å²) in [5.41, 5.74) is 5.59. The smallest absolute Gasteiger partial charge is 0.170 e. The maximum Gasteiger partial charge on any atom is 0.170 e. The lowest BCUT2D eigenvalue weighted by atomic mass is 9.90. The van der Waals surface area contributed by atoms with Gasteiger partial charge in [0.05, 0.1) is 12.7 Å². The van der Waals surface area contributed by atoms with Crippen molar-refractivity contribution in [3.8, 4) is 0 Å². The van der Waals surface area contributed by atoms with Crippen LogP contribution in [0.3, 0.4) is 0 Å². The van der Waals surface area contributed by atoms with Crippen molar-refractivity contribution in [3.05, 3.63) is 0 Å². The molecule has 2 N–H and O–H groups in total. The van der Waals surface area contributed by atoms with E-state index >= 15 is 0 Å². The van der Waals surface area contributed by atoms with E-state index in [1.165, 1.54) is 19.4 Å². The summed E-state index contributed by atoms with van der Waals surface area (Å²) < 4.78 is 12.1. The maximum absolute atomic E-state index is 6.13. The summed E-state index contributed by atoms with van der Waals surface area (Å²) >= 11 is 0. The monoisotopic (exact) mass is 256 g/mol. The first kappa shape index (κ1) is 14.3. The van der Waals surface area contributed by atoms with Crippen molar-refractivity contribution in [2.75, 3.05) is 26.2 Å². The molecule has 2 aliphatic rings. The number of hydrogen-bond acceptors (Lipinski definition) is 4. The van der Waals surface area contributed by atoms with Crippen molar-refractivity contribution in [3.63, 3.8) is 0 Å². The lowest BCUT2D eigenvalue weighted by molar-refractivity contribution is -0.202. The van der Waals surface area contributed by atoms with Crippen LogP contribution in [0.4, 0.5) is 0 Å². The highest BCUT2D eigenvalue weighted by molar-refractivity contribution is 4.87. The maximum atomic E-state index is 6.13. The Balaban J connectivity index is 1.94. The topological polar surface area (TPSA) is 47.7 Å².